The van der Waals surface area contributed by atoms with E-state index in [-0.39, 0.29) is 17.9 Å². The molecule has 33 heavy (non-hydrogen) atoms. The normalized spacial score (nSPS) is 12.2. The molecule has 0 radical (unpaired) electrons. The van der Waals surface area contributed by atoms with Gasteiger partial charge in [-0.05, 0) is 47.7 Å². The van der Waals surface area contributed by atoms with Gasteiger partial charge in [0.1, 0.15) is 5.82 Å². The van der Waals surface area contributed by atoms with Gasteiger partial charge in [-0.3, -0.25) is 0 Å². The fraction of sp³-hybridized carbons (Fsp3) is 0.214. The molecule has 3 aromatic carbocycles. The summed E-state index contributed by atoms with van der Waals surface area (Å²) in [7, 11) is 0. The van der Waals surface area contributed by atoms with Gasteiger partial charge >= 0.3 is 0 Å². The third-order valence-corrected chi connectivity index (χ3v) is 5.27. The van der Waals surface area contributed by atoms with Crippen LogP contribution in [0.5, 0.6) is 5.75 Å². The van der Waals surface area contributed by atoms with Gasteiger partial charge in [-0.1, -0.05) is 68.0 Å². The van der Waals surface area contributed by atoms with Gasteiger partial charge in [0, 0.05) is 11.1 Å². The Labute approximate surface area is 192 Å². The van der Waals surface area contributed by atoms with E-state index < -0.39 is 23.6 Å². The molecule has 3 rings (SSSR count). The van der Waals surface area contributed by atoms with Crippen molar-refractivity contribution in [3.8, 4) is 16.9 Å². The molecule has 1 N–H and O–H groups in total. The number of ether oxygens (including phenoxy) is 1. The molecule has 3 aromatic rings. The van der Waals surface area contributed by atoms with Gasteiger partial charge < -0.3 is 9.84 Å². The van der Waals surface area contributed by atoms with Crippen molar-refractivity contribution in [3.63, 3.8) is 0 Å². The van der Waals surface area contributed by atoms with Gasteiger partial charge in [0.15, 0.2) is 11.6 Å². The van der Waals surface area contributed by atoms with Crippen LogP contribution < -0.4 is 4.74 Å². The number of aliphatic hydroxyl groups excluding tert-OH is 1. The molecule has 5 heteroatoms. The molecule has 0 aliphatic carbocycles. The zero-order valence-electron chi connectivity index (χ0n) is 18.5. The molecule has 0 amide bonds. The zero-order chi connectivity index (χ0) is 23.8. The summed E-state index contributed by atoms with van der Waals surface area (Å²) in [6.07, 6.45) is 6.26. The van der Waals surface area contributed by atoms with E-state index >= 15 is 0 Å². The Kier molecular flexibility index (Phi) is 8.50. The van der Waals surface area contributed by atoms with Crippen molar-refractivity contribution < 1.29 is 23.0 Å². The summed E-state index contributed by atoms with van der Waals surface area (Å²) in [4.78, 5) is 0. The lowest BCUT2D eigenvalue weighted by molar-refractivity contribution is 0.166. The van der Waals surface area contributed by atoms with Crippen molar-refractivity contribution >= 4 is 12.2 Å². The summed E-state index contributed by atoms with van der Waals surface area (Å²) in [6.45, 7) is 5.75. The molecule has 0 bridgehead atoms. The summed E-state index contributed by atoms with van der Waals surface area (Å²) in [5.74, 6) is -2.54. The number of aliphatic hydroxyl groups is 1. The van der Waals surface area contributed by atoms with Crippen molar-refractivity contribution in [2.45, 2.75) is 32.3 Å². The first-order valence-corrected chi connectivity index (χ1v) is 10.9. The summed E-state index contributed by atoms with van der Waals surface area (Å²) in [5, 5.41) is 10.0. The zero-order valence-corrected chi connectivity index (χ0v) is 18.5. The maximum atomic E-state index is 14.6. The Balaban J connectivity index is 1.74. The lowest BCUT2D eigenvalue weighted by Crippen LogP contribution is -2.00. The number of hydrogen-bond donors (Lipinski definition) is 1. The van der Waals surface area contributed by atoms with E-state index in [2.05, 4.69) is 6.58 Å². The first-order chi connectivity index (χ1) is 15.9. The third-order valence-electron chi connectivity index (χ3n) is 5.27. The Hall–Kier alpha value is -3.31. The molecule has 0 aromatic heterocycles. The second-order valence-electron chi connectivity index (χ2n) is 7.71. The Morgan fingerprint density at radius 1 is 0.970 bits per heavy atom. The molecule has 0 aliphatic heterocycles. The molecule has 172 valence electrons. The van der Waals surface area contributed by atoms with Crippen LogP contribution >= 0.6 is 0 Å². The molecule has 0 saturated heterocycles. The van der Waals surface area contributed by atoms with Crippen molar-refractivity contribution in [1.29, 1.82) is 0 Å². The molecule has 0 fully saturated rings. The van der Waals surface area contributed by atoms with Crippen LogP contribution in [0.3, 0.4) is 0 Å². The molecule has 1 unspecified atom stereocenters. The van der Waals surface area contributed by atoms with E-state index in [0.717, 1.165) is 12.0 Å². The standard InChI is InChI=1S/C28H27F3O2/c1-3-5-17-33-26-16-15-23(27(30)28(26)31)20-10-7-19(8-11-20)9-12-21-13-14-22(18-24(21)29)25(32)6-4-2/h3,7-16,18,25,32H,1,4-6,17H2,2H3/b12-9+. The minimum atomic E-state index is -1.02. The van der Waals surface area contributed by atoms with E-state index in [0.29, 0.717) is 29.5 Å². The van der Waals surface area contributed by atoms with Crippen LogP contribution in [-0.4, -0.2) is 11.7 Å². The van der Waals surface area contributed by atoms with E-state index in [1.165, 1.54) is 18.2 Å². The minimum Gasteiger partial charge on any atom is -0.490 e. The second-order valence-corrected chi connectivity index (χ2v) is 7.71. The lowest BCUT2D eigenvalue weighted by Gasteiger charge is -2.10. The number of benzene rings is 3. The fourth-order valence-electron chi connectivity index (χ4n) is 3.40. The van der Waals surface area contributed by atoms with Gasteiger partial charge in [0.25, 0.3) is 0 Å². The molecule has 0 heterocycles. The summed E-state index contributed by atoms with van der Waals surface area (Å²) in [5.41, 5.74) is 2.38. The highest BCUT2D eigenvalue weighted by atomic mass is 19.2. The lowest BCUT2D eigenvalue weighted by atomic mass is 10.0. The van der Waals surface area contributed by atoms with Crippen LogP contribution in [0.2, 0.25) is 0 Å². The van der Waals surface area contributed by atoms with E-state index in [1.54, 1.807) is 54.6 Å². The largest absolute Gasteiger partial charge is 0.490 e. The predicted molar refractivity (Wildman–Crippen MR) is 127 cm³/mol. The molecule has 0 aliphatic rings. The molecule has 2 nitrogen and oxygen atoms in total. The van der Waals surface area contributed by atoms with Gasteiger partial charge in [0.2, 0.25) is 5.82 Å². The first kappa shape index (κ1) is 24.3. The number of hydrogen-bond acceptors (Lipinski definition) is 2. The van der Waals surface area contributed by atoms with Crippen LogP contribution in [0, 0.1) is 17.5 Å². The Bertz CT molecular complexity index is 1120. The van der Waals surface area contributed by atoms with Crippen LogP contribution in [0.4, 0.5) is 13.2 Å². The van der Waals surface area contributed by atoms with Crippen LogP contribution in [0.15, 0.2) is 67.3 Å². The van der Waals surface area contributed by atoms with Crippen LogP contribution in [0.1, 0.15) is 49.0 Å². The smallest absolute Gasteiger partial charge is 0.201 e. The Morgan fingerprint density at radius 3 is 2.39 bits per heavy atom. The SMILES string of the molecule is C=CCCOc1ccc(-c2ccc(/C=C/c3ccc(C(O)CCC)cc3F)cc2)c(F)c1F. The van der Waals surface area contributed by atoms with Gasteiger partial charge in [-0.15, -0.1) is 6.58 Å². The van der Waals surface area contributed by atoms with Crippen molar-refractivity contribution in [1.82, 2.24) is 0 Å². The summed E-state index contributed by atoms with van der Waals surface area (Å²) >= 11 is 0. The third kappa shape index (κ3) is 6.14. The van der Waals surface area contributed by atoms with Gasteiger partial charge in [-0.25, -0.2) is 8.78 Å². The maximum absolute atomic E-state index is 14.6. The fourth-order valence-corrected chi connectivity index (χ4v) is 3.40. The quantitative estimate of drug-likeness (QED) is 0.194. The van der Waals surface area contributed by atoms with E-state index in [9.17, 15) is 18.3 Å². The molecule has 0 saturated carbocycles. The number of halogens is 3. The van der Waals surface area contributed by atoms with Crippen LogP contribution in [-0.2, 0) is 0 Å². The van der Waals surface area contributed by atoms with E-state index in [4.69, 9.17) is 4.74 Å². The Morgan fingerprint density at radius 2 is 1.73 bits per heavy atom. The highest BCUT2D eigenvalue weighted by Gasteiger charge is 2.15. The molecule has 1 atom stereocenters. The van der Waals surface area contributed by atoms with Crippen molar-refractivity contribution in [2.75, 3.05) is 6.61 Å². The topological polar surface area (TPSA) is 29.5 Å². The van der Waals surface area contributed by atoms with Gasteiger partial charge in [0.05, 0.1) is 12.7 Å². The molecular weight excluding hydrogens is 425 g/mol. The average Bonchev–Trinajstić information content (AvgIpc) is 2.82. The first-order valence-electron chi connectivity index (χ1n) is 10.9. The molecule has 0 spiro atoms. The minimum absolute atomic E-state index is 0.131. The van der Waals surface area contributed by atoms with Crippen LogP contribution in [0.25, 0.3) is 23.3 Å². The highest BCUT2D eigenvalue weighted by molar-refractivity contribution is 5.72. The highest BCUT2D eigenvalue weighted by Crippen LogP contribution is 2.30. The average molecular weight is 453 g/mol. The van der Waals surface area contributed by atoms with Crippen molar-refractivity contribution in [2.24, 2.45) is 0 Å². The van der Waals surface area contributed by atoms with E-state index in [1.807, 2.05) is 6.92 Å². The molecular formula is C28H27F3O2. The maximum Gasteiger partial charge on any atom is 0.201 e. The van der Waals surface area contributed by atoms with Gasteiger partial charge in [-0.2, -0.15) is 4.39 Å². The van der Waals surface area contributed by atoms with Crippen molar-refractivity contribution in [3.05, 3.63) is 101 Å². The second kappa shape index (κ2) is 11.5. The summed E-state index contributed by atoms with van der Waals surface area (Å²) < 4.78 is 48.5. The summed E-state index contributed by atoms with van der Waals surface area (Å²) in [6, 6.07) is 14.4. The monoisotopic (exact) mass is 452 g/mol. The predicted octanol–water partition coefficient (Wildman–Crippen LogP) is 7.73. The number of rotatable bonds is 10.